The first-order valence-corrected chi connectivity index (χ1v) is 6.11. The molecule has 0 aromatic heterocycles. The topological polar surface area (TPSA) is 15.3 Å². The van der Waals surface area contributed by atoms with Crippen LogP contribution in [0.25, 0.3) is 0 Å². The zero-order valence-corrected chi connectivity index (χ0v) is 10.2. The van der Waals surface area contributed by atoms with Crippen LogP contribution in [0.5, 0.6) is 0 Å². The number of likely N-dealkylation sites (tertiary alicyclic amines) is 1. The summed E-state index contributed by atoms with van der Waals surface area (Å²) < 4.78 is 0. The Balaban J connectivity index is 2.35. The second-order valence-corrected chi connectivity index (χ2v) is 4.87. The Labute approximate surface area is 89.1 Å². The van der Waals surface area contributed by atoms with Crippen molar-refractivity contribution in [1.82, 2.24) is 10.2 Å². The van der Waals surface area contributed by atoms with Gasteiger partial charge in [-0.3, -0.25) is 4.90 Å². The smallest absolute Gasteiger partial charge is 0.0195 e. The van der Waals surface area contributed by atoms with Crippen molar-refractivity contribution >= 4 is 0 Å². The molecule has 0 amide bonds. The monoisotopic (exact) mass is 198 g/mol. The van der Waals surface area contributed by atoms with E-state index in [0.717, 1.165) is 25.0 Å². The number of rotatable bonds is 4. The second-order valence-electron chi connectivity index (χ2n) is 4.87. The lowest BCUT2D eigenvalue weighted by Gasteiger charge is -2.40. The van der Waals surface area contributed by atoms with Gasteiger partial charge in [-0.05, 0) is 45.7 Å². The first-order valence-electron chi connectivity index (χ1n) is 6.11. The molecule has 0 spiro atoms. The van der Waals surface area contributed by atoms with Crippen LogP contribution in [0.3, 0.4) is 0 Å². The van der Waals surface area contributed by atoms with Gasteiger partial charge in [-0.15, -0.1) is 0 Å². The van der Waals surface area contributed by atoms with E-state index in [1.165, 1.54) is 19.4 Å². The van der Waals surface area contributed by atoms with E-state index in [0.29, 0.717) is 6.04 Å². The Hall–Kier alpha value is -0.0800. The highest BCUT2D eigenvalue weighted by Crippen LogP contribution is 2.23. The molecule has 84 valence electrons. The Morgan fingerprint density at radius 3 is 2.71 bits per heavy atom. The largest absolute Gasteiger partial charge is 0.315 e. The molecule has 2 nitrogen and oxygen atoms in total. The molecule has 0 aromatic carbocycles. The predicted molar refractivity (Wildman–Crippen MR) is 62.6 cm³/mol. The molecule has 0 aliphatic carbocycles. The van der Waals surface area contributed by atoms with Crippen LogP contribution in [0.1, 0.15) is 40.5 Å². The van der Waals surface area contributed by atoms with E-state index in [-0.39, 0.29) is 0 Å². The lowest BCUT2D eigenvalue weighted by molar-refractivity contribution is 0.0892. The normalized spacial score (nSPS) is 31.7. The van der Waals surface area contributed by atoms with Crippen molar-refractivity contribution in [3.8, 4) is 0 Å². The minimum Gasteiger partial charge on any atom is -0.315 e. The van der Waals surface area contributed by atoms with Gasteiger partial charge in [-0.2, -0.15) is 0 Å². The van der Waals surface area contributed by atoms with Crippen LogP contribution in [0.15, 0.2) is 0 Å². The first-order chi connectivity index (χ1) is 6.65. The van der Waals surface area contributed by atoms with Crippen molar-refractivity contribution in [1.29, 1.82) is 0 Å². The average Bonchev–Trinajstić information content (AvgIpc) is 2.14. The molecule has 1 rings (SSSR count). The Morgan fingerprint density at radius 1 is 1.43 bits per heavy atom. The maximum Gasteiger partial charge on any atom is 0.0195 e. The Kier molecular flexibility index (Phi) is 4.90. The van der Waals surface area contributed by atoms with Crippen LogP contribution in [0, 0.1) is 5.92 Å². The van der Waals surface area contributed by atoms with Gasteiger partial charge in [0.05, 0.1) is 0 Å². The summed E-state index contributed by atoms with van der Waals surface area (Å²) in [5, 5.41) is 3.44. The zero-order chi connectivity index (χ0) is 10.6. The van der Waals surface area contributed by atoms with E-state index in [1.54, 1.807) is 0 Å². The Bertz CT molecular complexity index is 158. The Morgan fingerprint density at radius 2 is 2.14 bits per heavy atom. The quantitative estimate of drug-likeness (QED) is 0.744. The van der Waals surface area contributed by atoms with Crippen molar-refractivity contribution in [2.75, 3.05) is 19.6 Å². The summed E-state index contributed by atoms with van der Waals surface area (Å²) in [7, 11) is 0. The molecule has 1 heterocycles. The molecule has 1 fully saturated rings. The fourth-order valence-corrected chi connectivity index (χ4v) is 2.55. The lowest BCUT2D eigenvalue weighted by Crippen LogP contribution is -2.49. The van der Waals surface area contributed by atoms with Gasteiger partial charge in [0.1, 0.15) is 0 Å². The molecule has 0 radical (unpaired) electrons. The standard InChI is InChI=1S/C12H26N2/c1-5-13-9-12(4)14-7-6-10(2)8-11(14)3/h10-13H,5-9H2,1-4H3. The van der Waals surface area contributed by atoms with Crippen LogP contribution in [-0.4, -0.2) is 36.6 Å². The number of piperidine rings is 1. The molecule has 0 saturated carbocycles. The summed E-state index contributed by atoms with van der Waals surface area (Å²) in [5.74, 6) is 0.924. The zero-order valence-electron chi connectivity index (χ0n) is 10.2. The van der Waals surface area contributed by atoms with E-state index in [1.807, 2.05) is 0 Å². The number of hydrogen-bond acceptors (Lipinski definition) is 2. The molecular weight excluding hydrogens is 172 g/mol. The molecule has 1 aliphatic rings. The third kappa shape index (κ3) is 3.25. The summed E-state index contributed by atoms with van der Waals surface area (Å²) in [6.45, 7) is 12.8. The minimum atomic E-state index is 0.692. The number of hydrogen-bond donors (Lipinski definition) is 1. The maximum absolute atomic E-state index is 3.44. The molecule has 1 aliphatic heterocycles. The first kappa shape index (κ1) is 12.0. The number of likely N-dealkylation sites (N-methyl/N-ethyl adjacent to an activating group) is 1. The van der Waals surface area contributed by atoms with E-state index in [2.05, 4.69) is 37.9 Å². The molecule has 1 saturated heterocycles. The van der Waals surface area contributed by atoms with E-state index in [4.69, 9.17) is 0 Å². The molecular formula is C12H26N2. The fourth-order valence-electron chi connectivity index (χ4n) is 2.55. The van der Waals surface area contributed by atoms with Gasteiger partial charge in [-0.25, -0.2) is 0 Å². The van der Waals surface area contributed by atoms with E-state index >= 15 is 0 Å². The molecule has 1 N–H and O–H groups in total. The van der Waals surface area contributed by atoms with Gasteiger partial charge in [0.2, 0.25) is 0 Å². The van der Waals surface area contributed by atoms with Gasteiger partial charge < -0.3 is 5.32 Å². The van der Waals surface area contributed by atoms with Gasteiger partial charge in [-0.1, -0.05) is 13.8 Å². The van der Waals surface area contributed by atoms with Crippen molar-refractivity contribution in [3.05, 3.63) is 0 Å². The predicted octanol–water partition coefficient (Wildman–Crippen LogP) is 2.10. The lowest BCUT2D eigenvalue weighted by atomic mass is 9.92. The van der Waals surface area contributed by atoms with Crippen molar-refractivity contribution in [3.63, 3.8) is 0 Å². The van der Waals surface area contributed by atoms with E-state index in [9.17, 15) is 0 Å². The summed E-state index contributed by atoms with van der Waals surface area (Å²) in [4.78, 5) is 2.66. The van der Waals surface area contributed by atoms with Crippen molar-refractivity contribution in [2.24, 2.45) is 5.92 Å². The third-order valence-corrected chi connectivity index (χ3v) is 3.45. The SMILES string of the molecule is CCNCC(C)N1CCC(C)CC1C. The van der Waals surface area contributed by atoms with Crippen LogP contribution >= 0.6 is 0 Å². The summed E-state index contributed by atoms with van der Waals surface area (Å²) in [5.41, 5.74) is 0. The highest BCUT2D eigenvalue weighted by Gasteiger charge is 2.25. The highest BCUT2D eigenvalue weighted by atomic mass is 15.2. The minimum absolute atomic E-state index is 0.692. The molecule has 0 bridgehead atoms. The second kappa shape index (κ2) is 5.72. The number of nitrogens with zero attached hydrogens (tertiary/aromatic N) is 1. The summed E-state index contributed by atoms with van der Waals surface area (Å²) in [6.07, 6.45) is 2.75. The maximum atomic E-state index is 3.44. The molecule has 14 heavy (non-hydrogen) atoms. The van der Waals surface area contributed by atoms with Gasteiger partial charge in [0.15, 0.2) is 0 Å². The summed E-state index contributed by atoms with van der Waals surface area (Å²) in [6, 6.07) is 1.46. The fraction of sp³-hybridized carbons (Fsp3) is 1.00. The van der Waals surface area contributed by atoms with Crippen molar-refractivity contribution in [2.45, 2.75) is 52.6 Å². The van der Waals surface area contributed by atoms with Gasteiger partial charge in [0.25, 0.3) is 0 Å². The van der Waals surface area contributed by atoms with Crippen LogP contribution in [0.4, 0.5) is 0 Å². The van der Waals surface area contributed by atoms with Crippen LogP contribution < -0.4 is 5.32 Å². The number of nitrogens with one attached hydrogen (secondary N) is 1. The molecule has 3 unspecified atom stereocenters. The van der Waals surface area contributed by atoms with E-state index < -0.39 is 0 Å². The van der Waals surface area contributed by atoms with Gasteiger partial charge in [0, 0.05) is 18.6 Å². The molecule has 2 heteroatoms. The van der Waals surface area contributed by atoms with Gasteiger partial charge >= 0.3 is 0 Å². The van der Waals surface area contributed by atoms with Crippen LogP contribution in [0.2, 0.25) is 0 Å². The molecule has 3 atom stereocenters. The molecule has 0 aromatic rings. The summed E-state index contributed by atoms with van der Waals surface area (Å²) >= 11 is 0. The highest BCUT2D eigenvalue weighted by molar-refractivity contribution is 4.81. The van der Waals surface area contributed by atoms with Crippen LogP contribution in [-0.2, 0) is 0 Å². The average molecular weight is 198 g/mol. The van der Waals surface area contributed by atoms with Crippen molar-refractivity contribution < 1.29 is 0 Å². The third-order valence-electron chi connectivity index (χ3n) is 3.45.